The summed E-state index contributed by atoms with van der Waals surface area (Å²) in [6.45, 7) is 4.60. The number of carbonyl (C=O) groups excluding carboxylic acids is 2. The largest absolute Gasteiger partial charge is 0.489 e. The van der Waals surface area contributed by atoms with Crippen LogP contribution in [0.3, 0.4) is 0 Å². The third kappa shape index (κ3) is 3.54. The van der Waals surface area contributed by atoms with Gasteiger partial charge in [-0.3, -0.25) is 9.59 Å². The van der Waals surface area contributed by atoms with Gasteiger partial charge in [-0.25, -0.2) is 0 Å². The average Bonchev–Trinajstić information content (AvgIpc) is 3.34. The molecule has 1 aliphatic heterocycles. The van der Waals surface area contributed by atoms with E-state index >= 15 is 0 Å². The van der Waals surface area contributed by atoms with Crippen molar-refractivity contribution in [1.29, 1.82) is 0 Å². The minimum Gasteiger partial charge on any atom is -0.489 e. The summed E-state index contributed by atoms with van der Waals surface area (Å²) < 4.78 is 5.75. The molecule has 1 N–H and O–H groups in total. The second-order valence-corrected chi connectivity index (χ2v) is 7.47. The number of hydrogen-bond donors (Lipinski definition) is 1. The standard InChI is InChI=1S/C22H24N2O3/c1-14(2)27-20-10-6-4-8-18(20)23-21(25)16-13-17(16)22(26)24-12-11-15-7-3-5-9-19(15)24/h3-10,14,16-17H,11-13H2,1-2H3,(H,23,25). The Balaban J connectivity index is 1.41. The second-order valence-electron chi connectivity index (χ2n) is 7.47. The SMILES string of the molecule is CC(C)Oc1ccccc1NC(=O)C1CC1C(=O)N1CCc2ccccc21. The zero-order valence-corrected chi connectivity index (χ0v) is 15.6. The molecule has 27 heavy (non-hydrogen) atoms. The Kier molecular flexibility index (Phi) is 4.60. The molecule has 2 aliphatic rings. The fraction of sp³-hybridized carbons (Fsp3) is 0.364. The van der Waals surface area contributed by atoms with Crippen LogP contribution < -0.4 is 15.0 Å². The number of benzene rings is 2. The van der Waals surface area contributed by atoms with Crippen LogP contribution >= 0.6 is 0 Å². The van der Waals surface area contributed by atoms with Gasteiger partial charge in [0.25, 0.3) is 0 Å². The number of amides is 2. The fourth-order valence-electron chi connectivity index (χ4n) is 3.68. The number of nitrogens with one attached hydrogen (secondary N) is 1. The summed E-state index contributed by atoms with van der Waals surface area (Å²) in [6, 6.07) is 15.4. The van der Waals surface area contributed by atoms with Crippen molar-refractivity contribution in [1.82, 2.24) is 0 Å². The van der Waals surface area contributed by atoms with Crippen LogP contribution in [0.4, 0.5) is 11.4 Å². The van der Waals surface area contributed by atoms with Crippen molar-refractivity contribution >= 4 is 23.2 Å². The summed E-state index contributed by atoms with van der Waals surface area (Å²) in [6.07, 6.45) is 1.51. The van der Waals surface area contributed by atoms with Crippen molar-refractivity contribution in [2.75, 3.05) is 16.8 Å². The maximum absolute atomic E-state index is 12.9. The highest BCUT2D eigenvalue weighted by Gasteiger charge is 2.50. The first-order chi connectivity index (χ1) is 13.0. The van der Waals surface area contributed by atoms with E-state index in [1.807, 2.05) is 61.2 Å². The lowest BCUT2D eigenvalue weighted by atomic mass is 10.2. The Morgan fingerprint density at radius 2 is 1.81 bits per heavy atom. The molecule has 5 heteroatoms. The lowest BCUT2D eigenvalue weighted by Crippen LogP contribution is -2.32. The molecule has 0 aromatic heterocycles. The number of hydrogen-bond acceptors (Lipinski definition) is 3. The van der Waals surface area contributed by atoms with E-state index in [0.717, 1.165) is 12.1 Å². The smallest absolute Gasteiger partial charge is 0.230 e. The highest BCUT2D eigenvalue weighted by atomic mass is 16.5. The van der Waals surface area contributed by atoms with Crippen LogP contribution in [0.2, 0.25) is 0 Å². The Labute approximate surface area is 159 Å². The normalized spacial score (nSPS) is 20.3. The number of rotatable bonds is 5. The molecule has 2 unspecified atom stereocenters. The van der Waals surface area contributed by atoms with E-state index in [1.54, 1.807) is 0 Å². The van der Waals surface area contributed by atoms with Crippen LogP contribution in [0, 0.1) is 11.8 Å². The predicted molar refractivity (Wildman–Crippen MR) is 105 cm³/mol. The number of anilines is 2. The predicted octanol–water partition coefficient (Wildman–Crippen LogP) is 3.64. The molecule has 1 aliphatic carbocycles. The second kappa shape index (κ2) is 7.06. The minimum atomic E-state index is -0.266. The number of ether oxygens (including phenoxy) is 1. The maximum atomic E-state index is 12.9. The number of carbonyl (C=O) groups is 2. The van der Waals surface area contributed by atoms with Gasteiger partial charge in [-0.15, -0.1) is 0 Å². The zero-order valence-electron chi connectivity index (χ0n) is 15.6. The summed E-state index contributed by atoms with van der Waals surface area (Å²) in [5, 5.41) is 2.94. The van der Waals surface area contributed by atoms with E-state index in [4.69, 9.17) is 4.74 Å². The first kappa shape index (κ1) is 17.6. The summed E-state index contributed by atoms with van der Waals surface area (Å²) >= 11 is 0. The molecule has 140 valence electrons. The summed E-state index contributed by atoms with van der Waals surface area (Å²) in [5.41, 5.74) is 2.84. The molecule has 1 fully saturated rings. The highest BCUT2D eigenvalue weighted by Crippen LogP contribution is 2.43. The van der Waals surface area contributed by atoms with Gasteiger partial charge in [-0.2, -0.15) is 0 Å². The molecule has 0 saturated heterocycles. The van der Waals surface area contributed by atoms with Gasteiger partial charge in [-0.05, 0) is 50.5 Å². The van der Waals surface area contributed by atoms with Gasteiger partial charge in [0.1, 0.15) is 5.75 Å². The van der Waals surface area contributed by atoms with Crippen molar-refractivity contribution in [3.8, 4) is 5.75 Å². The van der Waals surface area contributed by atoms with E-state index in [9.17, 15) is 9.59 Å². The topological polar surface area (TPSA) is 58.6 Å². The van der Waals surface area contributed by atoms with Crippen LogP contribution in [-0.4, -0.2) is 24.5 Å². The Hall–Kier alpha value is -2.82. The third-order valence-corrected chi connectivity index (χ3v) is 5.11. The molecule has 1 saturated carbocycles. The van der Waals surface area contributed by atoms with Crippen molar-refractivity contribution in [3.63, 3.8) is 0 Å². The number of fused-ring (bicyclic) bond motifs is 1. The molecular formula is C22H24N2O3. The van der Waals surface area contributed by atoms with E-state index in [1.165, 1.54) is 5.56 Å². The molecule has 2 amide bonds. The molecule has 2 aromatic rings. The summed E-state index contributed by atoms with van der Waals surface area (Å²) in [7, 11) is 0. The van der Waals surface area contributed by atoms with Crippen molar-refractivity contribution in [2.45, 2.75) is 32.8 Å². The molecule has 2 aromatic carbocycles. The first-order valence-electron chi connectivity index (χ1n) is 9.50. The Morgan fingerprint density at radius 3 is 2.63 bits per heavy atom. The van der Waals surface area contributed by atoms with Crippen molar-refractivity contribution < 1.29 is 14.3 Å². The number of para-hydroxylation sites is 3. The van der Waals surface area contributed by atoms with E-state index in [-0.39, 0.29) is 29.8 Å². The molecule has 0 radical (unpaired) electrons. The minimum absolute atomic E-state index is 0.0218. The van der Waals surface area contributed by atoms with Crippen LogP contribution in [0.5, 0.6) is 5.75 Å². The Morgan fingerprint density at radius 1 is 1.07 bits per heavy atom. The molecule has 1 heterocycles. The quantitative estimate of drug-likeness (QED) is 0.881. The molecule has 5 nitrogen and oxygen atoms in total. The van der Waals surface area contributed by atoms with E-state index in [2.05, 4.69) is 11.4 Å². The van der Waals surface area contributed by atoms with Crippen LogP contribution in [0.15, 0.2) is 48.5 Å². The van der Waals surface area contributed by atoms with Crippen molar-refractivity contribution in [3.05, 3.63) is 54.1 Å². The lowest BCUT2D eigenvalue weighted by Gasteiger charge is -2.17. The van der Waals surface area contributed by atoms with Crippen LogP contribution in [0.25, 0.3) is 0 Å². The summed E-state index contributed by atoms with van der Waals surface area (Å²) in [5.74, 6) is 0.108. The summed E-state index contributed by atoms with van der Waals surface area (Å²) in [4.78, 5) is 27.4. The van der Waals surface area contributed by atoms with Gasteiger partial charge >= 0.3 is 0 Å². The zero-order chi connectivity index (χ0) is 19.0. The lowest BCUT2D eigenvalue weighted by molar-refractivity contribution is -0.123. The fourth-order valence-corrected chi connectivity index (χ4v) is 3.68. The van der Waals surface area contributed by atoms with Gasteiger partial charge in [0.2, 0.25) is 11.8 Å². The van der Waals surface area contributed by atoms with Gasteiger partial charge in [-0.1, -0.05) is 30.3 Å². The van der Waals surface area contributed by atoms with Crippen LogP contribution in [0.1, 0.15) is 25.8 Å². The molecule has 4 rings (SSSR count). The number of nitrogens with zero attached hydrogens (tertiary/aromatic N) is 1. The Bertz CT molecular complexity index is 877. The molecule has 2 atom stereocenters. The van der Waals surface area contributed by atoms with E-state index in [0.29, 0.717) is 24.4 Å². The molecule has 0 bridgehead atoms. The average molecular weight is 364 g/mol. The first-order valence-corrected chi connectivity index (χ1v) is 9.50. The van der Waals surface area contributed by atoms with Crippen molar-refractivity contribution in [2.24, 2.45) is 11.8 Å². The molecule has 0 spiro atoms. The van der Waals surface area contributed by atoms with Gasteiger partial charge in [0.05, 0.1) is 23.6 Å². The van der Waals surface area contributed by atoms with Crippen LogP contribution in [-0.2, 0) is 16.0 Å². The maximum Gasteiger partial charge on any atom is 0.230 e. The monoisotopic (exact) mass is 364 g/mol. The molecular weight excluding hydrogens is 340 g/mol. The van der Waals surface area contributed by atoms with E-state index < -0.39 is 0 Å². The van der Waals surface area contributed by atoms with Gasteiger partial charge < -0.3 is 15.0 Å². The third-order valence-electron chi connectivity index (χ3n) is 5.11. The highest BCUT2D eigenvalue weighted by molar-refractivity contribution is 6.05. The van der Waals surface area contributed by atoms with Gasteiger partial charge in [0.15, 0.2) is 0 Å². The van der Waals surface area contributed by atoms with Gasteiger partial charge in [0, 0.05) is 12.2 Å².